The summed E-state index contributed by atoms with van der Waals surface area (Å²) in [5.74, 6) is 0.677. The minimum absolute atomic E-state index is 0.0347. The molecule has 0 aliphatic heterocycles. The number of rotatable bonds is 3. The van der Waals surface area contributed by atoms with Gasteiger partial charge < -0.3 is 4.57 Å². The number of fused-ring (bicyclic) bond motifs is 1. The van der Waals surface area contributed by atoms with Crippen molar-refractivity contribution in [1.29, 1.82) is 0 Å². The van der Waals surface area contributed by atoms with E-state index in [0.29, 0.717) is 18.0 Å². The summed E-state index contributed by atoms with van der Waals surface area (Å²) in [5.41, 5.74) is 2.21. The molecule has 4 heteroatoms. The van der Waals surface area contributed by atoms with Crippen LogP contribution in [0.5, 0.6) is 0 Å². The fourth-order valence-corrected chi connectivity index (χ4v) is 1.90. The minimum atomic E-state index is -0.0347. The van der Waals surface area contributed by atoms with Crippen LogP contribution in [0.25, 0.3) is 11.0 Å². The van der Waals surface area contributed by atoms with Gasteiger partial charge in [0.05, 0.1) is 11.0 Å². The van der Waals surface area contributed by atoms with Crippen molar-refractivity contribution in [2.75, 3.05) is 5.75 Å². The SMILES string of the molecule is Cc1nc2ccccc2n(CC=CCS)c1=O. The van der Waals surface area contributed by atoms with Gasteiger partial charge in [-0.2, -0.15) is 12.6 Å². The third-order valence-electron chi connectivity index (χ3n) is 2.58. The first-order valence-corrected chi connectivity index (χ1v) is 6.09. The van der Waals surface area contributed by atoms with Crippen molar-refractivity contribution in [2.24, 2.45) is 0 Å². The first-order chi connectivity index (χ1) is 8.24. The number of para-hydroxylation sites is 2. The van der Waals surface area contributed by atoms with Gasteiger partial charge in [0.15, 0.2) is 0 Å². The minimum Gasteiger partial charge on any atom is -0.301 e. The summed E-state index contributed by atoms with van der Waals surface area (Å²) in [4.78, 5) is 16.3. The largest absolute Gasteiger partial charge is 0.301 e. The second kappa shape index (κ2) is 5.19. The maximum absolute atomic E-state index is 12.0. The van der Waals surface area contributed by atoms with Crippen molar-refractivity contribution >= 4 is 23.7 Å². The average Bonchev–Trinajstić information content (AvgIpc) is 2.34. The zero-order chi connectivity index (χ0) is 12.3. The summed E-state index contributed by atoms with van der Waals surface area (Å²) in [6, 6.07) is 7.67. The van der Waals surface area contributed by atoms with E-state index in [-0.39, 0.29) is 5.56 Å². The molecule has 1 aromatic carbocycles. The summed E-state index contributed by atoms with van der Waals surface area (Å²) in [7, 11) is 0. The molecule has 0 bridgehead atoms. The fraction of sp³-hybridized carbons (Fsp3) is 0.231. The van der Waals surface area contributed by atoms with E-state index in [1.54, 1.807) is 11.5 Å². The lowest BCUT2D eigenvalue weighted by atomic mass is 10.2. The van der Waals surface area contributed by atoms with E-state index < -0.39 is 0 Å². The molecule has 1 heterocycles. The topological polar surface area (TPSA) is 34.9 Å². The molecule has 0 amide bonds. The Morgan fingerprint density at radius 3 is 2.88 bits per heavy atom. The van der Waals surface area contributed by atoms with Gasteiger partial charge in [-0.25, -0.2) is 4.98 Å². The van der Waals surface area contributed by atoms with E-state index in [0.717, 1.165) is 11.0 Å². The zero-order valence-corrected chi connectivity index (χ0v) is 10.5. The Hall–Kier alpha value is -1.55. The highest BCUT2D eigenvalue weighted by Crippen LogP contribution is 2.09. The molecule has 2 rings (SSSR count). The molecule has 0 atom stereocenters. The fourth-order valence-electron chi connectivity index (χ4n) is 1.76. The summed E-state index contributed by atoms with van der Waals surface area (Å²) in [6.45, 7) is 2.30. The third kappa shape index (κ3) is 2.42. The number of hydrogen-bond acceptors (Lipinski definition) is 3. The Kier molecular flexibility index (Phi) is 3.64. The predicted molar refractivity (Wildman–Crippen MR) is 73.7 cm³/mol. The Bertz CT molecular complexity index is 616. The highest BCUT2D eigenvalue weighted by Gasteiger charge is 2.05. The molecule has 2 aromatic rings. The summed E-state index contributed by atoms with van der Waals surface area (Å²) in [6.07, 6.45) is 3.88. The van der Waals surface area contributed by atoms with Crippen LogP contribution in [-0.2, 0) is 6.54 Å². The van der Waals surface area contributed by atoms with Crippen molar-refractivity contribution in [3.05, 3.63) is 52.5 Å². The lowest BCUT2D eigenvalue weighted by Gasteiger charge is -2.08. The molecule has 3 nitrogen and oxygen atoms in total. The average molecular weight is 246 g/mol. The monoisotopic (exact) mass is 246 g/mol. The lowest BCUT2D eigenvalue weighted by Crippen LogP contribution is -2.23. The molecule has 0 aliphatic rings. The number of aryl methyl sites for hydroxylation is 1. The number of allylic oxidation sites excluding steroid dienone is 1. The standard InChI is InChI=1S/C13H14N2OS/c1-10-13(16)15(8-4-5-9-17)12-7-3-2-6-11(12)14-10/h2-7,17H,8-9H2,1H3. The van der Waals surface area contributed by atoms with Gasteiger partial charge in [0.25, 0.3) is 5.56 Å². The molecule has 0 saturated heterocycles. The van der Waals surface area contributed by atoms with Gasteiger partial charge in [0.2, 0.25) is 0 Å². The molecule has 88 valence electrons. The van der Waals surface area contributed by atoms with E-state index in [1.165, 1.54) is 0 Å². The lowest BCUT2D eigenvalue weighted by molar-refractivity contribution is 0.795. The van der Waals surface area contributed by atoms with Crippen LogP contribution in [0.3, 0.4) is 0 Å². The highest BCUT2D eigenvalue weighted by atomic mass is 32.1. The van der Waals surface area contributed by atoms with Gasteiger partial charge in [-0.3, -0.25) is 4.79 Å². The molecule has 0 saturated carbocycles. The summed E-state index contributed by atoms with van der Waals surface area (Å²) >= 11 is 4.10. The van der Waals surface area contributed by atoms with Crippen molar-refractivity contribution in [2.45, 2.75) is 13.5 Å². The van der Waals surface area contributed by atoms with Crippen LogP contribution in [0.2, 0.25) is 0 Å². The van der Waals surface area contributed by atoms with Crippen LogP contribution < -0.4 is 5.56 Å². The van der Waals surface area contributed by atoms with Crippen LogP contribution in [0, 0.1) is 6.92 Å². The van der Waals surface area contributed by atoms with Gasteiger partial charge >= 0.3 is 0 Å². The van der Waals surface area contributed by atoms with Crippen molar-refractivity contribution in [3.8, 4) is 0 Å². The van der Waals surface area contributed by atoms with Crippen molar-refractivity contribution in [3.63, 3.8) is 0 Å². The summed E-state index contributed by atoms with van der Waals surface area (Å²) < 4.78 is 1.73. The quantitative estimate of drug-likeness (QED) is 0.665. The van der Waals surface area contributed by atoms with Gasteiger partial charge in [0, 0.05) is 12.3 Å². The molecular weight excluding hydrogens is 232 g/mol. The van der Waals surface area contributed by atoms with Crippen molar-refractivity contribution in [1.82, 2.24) is 9.55 Å². The first kappa shape index (κ1) is 11.9. The number of benzene rings is 1. The summed E-state index contributed by atoms with van der Waals surface area (Å²) in [5, 5.41) is 0. The zero-order valence-electron chi connectivity index (χ0n) is 9.63. The van der Waals surface area contributed by atoms with E-state index in [4.69, 9.17) is 0 Å². The number of hydrogen-bond donors (Lipinski definition) is 1. The van der Waals surface area contributed by atoms with Crippen molar-refractivity contribution < 1.29 is 0 Å². The van der Waals surface area contributed by atoms with Crippen LogP contribution in [0.15, 0.2) is 41.2 Å². The van der Waals surface area contributed by atoms with Crippen LogP contribution in [-0.4, -0.2) is 15.3 Å². The van der Waals surface area contributed by atoms with Gasteiger partial charge in [-0.05, 0) is 19.1 Å². The molecule has 0 unspecified atom stereocenters. The van der Waals surface area contributed by atoms with Gasteiger partial charge in [-0.15, -0.1) is 0 Å². The van der Waals surface area contributed by atoms with Crippen LogP contribution >= 0.6 is 12.6 Å². The Morgan fingerprint density at radius 1 is 1.35 bits per heavy atom. The molecule has 0 radical (unpaired) electrons. The molecule has 17 heavy (non-hydrogen) atoms. The normalized spacial score (nSPS) is 11.4. The first-order valence-electron chi connectivity index (χ1n) is 5.46. The van der Waals surface area contributed by atoms with E-state index in [2.05, 4.69) is 17.6 Å². The maximum atomic E-state index is 12.0. The van der Waals surface area contributed by atoms with Crippen LogP contribution in [0.4, 0.5) is 0 Å². The number of aromatic nitrogens is 2. The molecule has 0 aliphatic carbocycles. The molecule has 1 aromatic heterocycles. The smallest absolute Gasteiger partial charge is 0.272 e. The Balaban J connectivity index is 2.61. The molecular formula is C13H14N2OS. The van der Waals surface area contributed by atoms with Gasteiger partial charge in [-0.1, -0.05) is 24.3 Å². The van der Waals surface area contributed by atoms with E-state index in [1.807, 2.05) is 36.4 Å². The predicted octanol–water partition coefficient (Wildman–Crippen LogP) is 2.19. The second-order valence-corrected chi connectivity index (χ2v) is 4.12. The Morgan fingerprint density at radius 2 is 2.12 bits per heavy atom. The third-order valence-corrected chi connectivity index (χ3v) is 2.79. The van der Waals surface area contributed by atoms with E-state index in [9.17, 15) is 4.79 Å². The van der Waals surface area contributed by atoms with Gasteiger partial charge in [0.1, 0.15) is 5.69 Å². The second-order valence-electron chi connectivity index (χ2n) is 3.76. The molecule has 0 N–H and O–H groups in total. The number of nitrogens with zero attached hydrogens (tertiary/aromatic N) is 2. The maximum Gasteiger partial charge on any atom is 0.272 e. The molecule has 0 spiro atoms. The van der Waals surface area contributed by atoms with Crippen LogP contribution in [0.1, 0.15) is 5.69 Å². The molecule has 0 fully saturated rings. The van der Waals surface area contributed by atoms with E-state index >= 15 is 0 Å². The number of thiol groups is 1. The highest BCUT2D eigenvalue weighted by molar-refractivity contribution is 7.80. The Labute approximate surface area is 105 Å².